The first kappa shape index (κ1) is 14.2. The molecule has 0 unspecified atom stereocenters. The summed E-state index contributed by atoms with van der Waals surface area (Å²) in [7, 11) is 0. The van der Waals surface area contributed by atoms with Crippen LogP contribution in [-0.2, 0) is 4.79 Å². The molecule has 96 valence electrons. The van der Waals surface area contributed by atoms with Gasteiger partial charge in [-0.15, -0.1) is 0 Å². The van der Waals surface area contributed by atoms with Crippen LogP contribution < -0.4 is 16.2 Å². The van der Waals surface area contributed by atoms with Crippen molar-refractivity contribution in [3.63, 3.8) is 0 Å². The predicted molar refractivity (Wildman–Crippen MR) is 77.6 cm³/mol. The van der Waals surface area contributed by atoms with Crippen molar-refractivity contribution in [1.29, 1.82) is 0 Å². The molecule has 0 bridgehead atoms. The van der Waals surface area contributed by atoms with E-state index in [1.54, 1.807) is 6.08 Å². The Balaban J connectivity index is 2.34. The fourth-order valence-corrected chi connectivity index (χ4v) is 1.48. The number of nitrogens with one attached hydrogen (secondary N) is 3. The fraction of sp³-hybridized carbons (Fsp3) is 0.231. The van der Waals surface area contributed by atoms with E-state index in [1.807, 2.05) is 44.2 Å². The molecule has 3 N–H and O–H groups in total. The number of benzene rings is 1. The van der Waals surface area contributed by atoms with Crippen molar-refractivity contribution in [2.45, 2.75) is 19.9 Å². The van der Waals surface area contributed by atoms with Gasteiger partial charge >= 0.3 is 0 Å². The third-order valence-corrected chi connectivity index (χ3v) is 2.17. The van der Waals surface area contributed by atoms with Crippen LogP contribution >= 0.6 is 12.2 Å². The van der Waals surface area contributed by atoms with Crippen molar-refractivity contribution in [1.82, 2.24) is 16.2 Å². The van der Waals surface area contributed by atoms with Crippen LogP contribution in [0.25, 0.3) is 6.08 Å². The van der Waals surface area contributed by atoms with Crippen LogP contribution in [0.5, 0.6) is 0 Å². The van der Waals surface area contributed by atoms with Gasteiger partial charge in [0.25, 0.3) is 5.91 Å². The number of carbonyl (C=O) groups excluding carboxylic acids is 1. The quantitative estimate of drug-likeness (QED) is 0.440. The zero-order valence-electron chi connectivity index (χ0n) is 10.4. The van der Waals surface area contributed by atoms with E-state index in [4.69, 9.17) is 12.2 Å². The molecular weight excluding hydrogens is 246 g/mol. The Hall–Kier alpha value is -1.88. The molecule has 4 nitrogen and oxygen atoms in total. The van der Waals surface area contributed by atoms with Crippen LogP contribution in [0.2, 0.25) is 0 Å². The summed E-state index contributed by atoms with van der Waals surface area (Å²) in [5, 5.41) is 3.35. The van der Waals surface area contributed by atoms with Gasteiger partial charge in [-0.3, -0.25) is 15.6 Å². The van der Waals surface area contributed by atoms with Crippen LogP contribution in [0.4, 0.5) is 0 Å². The lowest BCUT2D eigenvalue weighted by molar-refractivity contribution is -0.116. The summed E-state index contributed by atoms with van der Waals surface area (Å²) in [5.74, 6) is -0.258. The number of rotatable bonds is 3. The van der Waals surface area contributed by atoms with Crippen LogP contribution in [0.15, 0.2) is 36.4 Å². The maximum atomic E-state index is 11.5. The topological polar surface area (TPSA) is 53.2 Å². The predicted octanol–water partition coefficient (Wildman–Crippen LogP) is 1.60. The normalized spacial score (nSPS) is 10.4. The molecule has 0 spiro atoms. The second-order valence-corrected chi connectivity index (χ2v) is 4.39. The van der Waals surface area contributed by atoms with Gasteiger partial charge in [-0.05, 0) is 37.7 Å². The van der Waals surface area contributed by atoms with Gasteiger partial charge in [0.15, 0.2) is 5.11 Å². The fourth-order valence-electron chi connectivity index (χ4n) is 1.19. The second kappa shape index (κ2) is 7.45. The first-order chi connectivity index (χ1) is 8.58. The average molecular weight is 263 g/mol. The van der Waals surface area contributed by atoms with Crippen LogP contribution in [-0.4, -0.2) is 17.1 Å². The molecule has 1 rings (SSSR count). The highest BCUT2D eigenvalue weighted by molar-refractivity contribution is 7.80. The number of carbonyl (C=O) groups is 1. The van der Waals surface area contributed by atoms with Crippen LogP contribution in [0.3, 0.4) is 0 Å². The third kappa shape index (κ3) is 6.00. The lowest BCUT2D eigenvalue weighted by Crippen LogP contribution is -2.48. The number of hydrogen-bond acceptors (Lipinski definition) is 2. The van der Waals surface area contributed by atoms with E-state index in [1.165, 1.54) is 6.08 Å². The minimum atomic E-state index is -0.258. The molecule has 0 fully saturated rings. The minimum Gasteiger partial charge on any atom is -0.359 e. The first-order valence-electron chi connectivity index (χ1n) is 5.67. The van der Waals surface area contributed by atoms with E-state index in [9.17, 15) is 4.79 Å². The summed E-state index contributed by atoms with van der Waals surface area (Å²) in [6, 6.07) is 9.82. The Labute approximate surface area is 112 Å². The van der Waals surface area contributed by atoms with E-state index in [0.29, 0.717) is 5.11 Å². The molecule has 1 aromatic rings. The maximum Gasteiger partial charge on any atom is 0.262 e. The van der Waals surface area contributed by atoms with Gasteiger partial charge in [0.2, 0.25) is 0 Å². The first-order valence-corrected chi connectivity index (χ1v) is 6.08. The molecule has 5 heteroatoms. The number of hydrazine groups is 1. The lowest BCUT2D eigenvalue weighted by Gasteiger charge is -2.12. The molecule has 0 aliphatic carbocycles. The molecule has 1 amide bonds. The molecule has 1 aromatic carbocycles. The molecule has 0 saturated carbocycles. The Morgan fingerprint density at radius 1 is 1.22 bits per heavy atom. The molecule has 0 aliphatic rings. The van der Waals surface area contributed by atoms with Gasteiger partial charge in [0.1, 0.15) is 0 Å². The van der Waals surface area contributed by atoms with E-state index < -0.39 is 0 Å². The smallest absolute Gasteiger partial charge is 0.262 e. The Morgan fingerprint density at radius 3 is 2.50 bits per heavy atom. The highest BCUT2D eigenvalue weighted by Gasteiger charge is 1.99. The summed E-state index contributed by atoms with van der Waals surface area (Å²) in [6.07, 6.45) is 3.18. The SMILES string of the molecule is CC(C)NC(=S)NNC(=O)/C=C/c1ccccc1. The summed E-state index contributed by atoms with van der Waals surface area (Å²) < 4.78 is 0. The molecule has 0 saturated heterocycles. The Morgan fingerprint density at radius 2 is 1.89 bits per heavy atom. The van der Waals surface area contributed by atoms with Crippen molar-refractivity contribution in [3.8, 4) is 0 Å². The average Bonchev–Trinajstić information content (AvgIpc) is 2.34. The van der Waals surface area contributed by atoms with E-state index in [2.05, 4.69) is 16.2 Å². The number of hydrogen-bond donors (Lipinski definition) is 3. The summed E-state index contributed by atoms with van der Waals surface area (Å²) in [4.78, 5) is 11.5. The van der Waals surface area contributed by atoms with Gasteiger partial charge < -0.3 is 5.32 Å². The van der Waals surface area contributed by atoms with Gasteiger partial charge in [0.05, 0.1) is 0 Å². The van der Waals surface area contributed by atoms with E-state index in [0.717, 1.165) is 5.56 Å². The molecule has 0 radical (unpaired) electrons. The van der Waals surface area contributed by atoms with Crippen LogP contribution in [0, 0.1) is 0 Å². The standard InChI is InChI=1S/C13H17N3OS/c1-10(2)14-13(18)16-15-12(17)9-8-11-6-4-3-5-7-11/h3-10H,1-2H3,(H,15,17)(H2,14,16,18)/b9-8+. The molecule has 0 aromatic heterocycles. The lowest BCUT2D eigenvalue weighted by atomic mass is 10.2. The van der Waals surface area contributed by atoms with Crippen LogP contribution in [0.1, 0.15) is 19.4 Å². The molecule has 0 aliphatic heterocycles. The zero-order chi connectivity index (χ0) is 13.4. The highest BCUT2D eigenvalue weighted by Crippen LogP contribution is 2.00. The molecule has 18 heavy (non-hydrogen) atoms. The van der Waals surface area contributed by atoms with E-state index >= 15 is 0 Å². The van der Waals surface area contributed by atoms with Gasteiger partial charge in [-0.2, -0.15) is 0 Å². The minimum absolute atomic E-state index is 0.224. The van der Waals surface area contributed by atoms with Crippen molar-refractivity contribution < 1.29 is 4.79 Å². The van der Waals surface area contributed by atoms with Crippen molar-refractivity contribution >= 4 is 29.3 Å². The monoisotopic (exact) mass is 263 g/mol. The molecular formula is C13H17N3OS. The van der Waals surface area contributed by atoms with Crippen molar-refractivity contribution in [2.24, 2.45) is 0 Å². The van der Waals surface area contributed by atoms with Crippen molar-refractivity contribution in [2.75, 3.05) is 0 Å². The molecule has 0 heterocycles. The third-order valence-electron chi connectivity index (χ3n) is 1.95. The summed E-state index contributed by atoms with van der Waals surface area (Å²) in [5.41, 5.74) is 6.07. The van der Waals surface area contributed by atoms with Gasteiger partial charge in [-0.25, -0.2) is 0 Å². The van der Waals surface area contributed by atoms with E-state index in [-0.39, 0.29) is 11.9 Å². The zero-order valence-corrected chi connectivity index (χ0v) is 11.3. The van der Waals surface area contributed by atoms with Gasteiger partial charge in [0, 0.05) is 12.1 Å². The number of amides is 1. The Bertz CT molecular complexity index is 429. The highest BCUT2D eigenvalue weighted by atomic mass is 32.1. The van der Waals surface area contributed by atoms with Crippen molar-refractivity contribution in [3.05, 3.63) is 42.0 Å². The largest absolute Gasteiger partial charge is 0.359 e. The summed E-state index contributed by atoms with van der Waals surface area (Å²) >= 11 is 4.97. The maximum absolute atomic E-state index is 11.5. The number of thiocarbonyl (C=S) groups is 1. The second-order valence-electron chi connectivity index (χ2n) is 3.99. The summed E-state index contributed by atoms with van der Waals surface area (Å²) in [6.45, 7) is 3.93. The van der Waals surface area contributed by atoms with Gasteiger partial charge in [-0.1, -0.05) is 30.3 Å². The molecule has 0 atom stereocenters. The Kier molecular flexibility index (Phi) is 5.87.